The minimum absolute atomic E-state index is 0.0811. The summed E-state index contributed by atoms with van der Waals surface area (Å²) in [5.41, 5.74) is 0.113. The van der Waals surface area contributed by atoms with Gasteiger partial charge in [-0.2, -0.15) is 0 Å². The standard InChI is InChI=1S/C14H9BrF3NO/c15-10-1-2-13(18)9(3-10)7-19-14(20)8-4-11(16)6-12(17)5-8/h1-6H,7H2,(H,19,20). The van der Waals surface area contributed by atoms with Crippen LogP contribution >= 0.6 is 15.9 Å². The summed E-state index contributed by atoms with van der Waals surface area (Å²) in [7, 11) is 0. The Morgan fingerprint density at radius 2 is 1.70 bits per heavy atom. The van der Waals surface area contributed by atoms with Gasteiger partial charge in [-0.3, -0.25) is 4.79 Å². The van der Waals surface area contributed by atoms with E-state index in [4.69, 9.17) is 0 Å². The summed E-state index contributed by atoms with van der Waals surface area (Å²) in [6.45, 7) is -0.0811. The second kappa shape index (κ2) is 6.09. The molecule has 0 saturated heterocycles. The molecule has 0 aromatic heterocycles. The number of rotatable bonds is 3. The van der Waals surface area contributed by atoms with Crippen LogP contribution in [0.1, 0.15) is 15.9 Å². The molecule has 0 atom stereocenters. The maximum Gasteiger partial charge on any atom is 0.251 e. The maximum atomic E-state index is 13.5. The number of hydrogen-bond donors (Lipinski definition) is 1. The highest BCUT2D eigenvalue weighted by Gasteiger charge is 2.10. The van der Waals surface area contributed by atoms with Crippen molar-refractivity contribution in [3.63, 3.8) is 0 Å². The average molecular weight is 344 g/mol. The minimum Gasteiger partial charge on any atom is -0.348 e. The Morgan fingerprint density at radius 1 is 1.05 bits per heavy atom. The lowest BCUT2D eigenvalue weighted by atomic mass is 10.1. The highest BCUT2D eigenvalue weighted by atomic mass is 79.9. The molecule has 0 fully saturated rings. The van der Waals surface area contributed by atoms with Gasteiger partial charge in [0, 0.05) is 28.2 Å². The van der Waals surface area contributed by atoms with Crippen LogP contribution in [0.15, 0.2) is 40.9 Å². The lowest BCUT2D eigenvalue weighted by molar-refractivity contribution is 0.0949. The number of carbonyl (C=O) groups is 1. The van der Waals surface area contributed by atoms with Crippen molar-refractivity contribution >= 4 is 21.8 Å². The predicted octanol–water partition coefficient (Wildman–Crippen LogP) is 3.80. The van der Waals surface area contributed by atoms with E-state index in [0.717, 1.165) is 12.1 Å². The van der Waals surface area contributed by atoms with E-state index in [1.165, 1.54) is 18.2 Å². The van der Waals surface area contributed by atoms with Gasteiger partial charge in [0.2, 0.25) is 0 Å². The minimum atomic E-state index is -0.844. The third-order valence-electron chi connectivity index (χ3n) is 2.57. The van der Waals surface area contributed by atoms with E-state index < -0.39 is 23.4 Å². The Morgan fingerprint density at radius 3 is 2.35 bits per heavy atom. The van der Waals surface area contributed by atoms with Crippen LogP contribution in [0.5, 0.6) is 0 Å². The number of carbonyl (C=O) groups excluding carboxylic acids is 1. The summed E-state index contributed by atoms with van der Waals surface area (Å²) >= 11 is 3.19. The zero-order valence-corrected chi connectivity index (χ0v) is 11.7. The van der Waals surface area contributed by atoms with Gasteiger partial charge in [-0.15, -0.1) is 0 Å². The molecule has 1 N–H and O–H groups in total. The Hall–Kier alpha value is -1.82. The predicted molar refractivity (Wildman–Crippen MR) is 71.6 cm³/mol. The fourth-order valence-corrected chi connectivity index (χ4v) is 2.05. The summed E-state index contributed by atoms with van der Waals surface area (Å²) in [6.07, 6.45) is 0. The van der Waals surface area contributed by atoms with Gasteiger partial charge in [0.1, 0.15) is 17.5 Å². The average Bonchev–Trinajstić information content (AvgIpc) is 2.38. The van der Waals surface area contributed by atoms with Crippen molar-refractivity contribution in [3.05, 3.63) is 69.4 Å². The first-order chi connectivity index (χ1) is 9.45. The van der Waals surface area contributed by atoms with E-state index >= 15 is 0 Å². The van der Waals surface area contributed by atoms with E-state index in [2.05, 4.69) is 21.2 Å². The van der Waals surface area contributed by atoms with Gasteiger partial charge in [-0.1, -0.05) is 15.9 Å². The second-order valence-electron chi connectivity index (χ2n) is 4.08. The van der Waals surface area contributed by atoms with E-state index in [9.17, 15) is 18.0 Å². The molecule has 104 valence electrons. The molecule has 2 rings (SSSR count). The van der Waals surface area contributed by atoms with E-state index in [1.54, 1.807) is 0 Å². The van der Waals surface area contributed by atoms with Crippen LogP contribution in [0.3, 0.4) is 0 Å². The van der Waals surface area contributed by atoms with Gasteiger partial charge in [-0.25, -0.2) is 13.2 Å². The number of amides is 1. The Balaban J connectivity index is 2.10. The summed E-state index contributed by atoms with van der Waals surface area (Å²) < 4.78 is 40.1. The molecule has 2 aromatic carbocycles. The highest BCUT2D eigenvalue weighted by molar-refractivity contribution is 9.10. The smallest absolute Gasteiger partial charge is 0.251 e. The molecule has 0 heterocycles. The molecule has 0 unspecified atom stereocenters. The molecule has 0 bridgehead atoms. The molecule has 0 radical (unpaired) electrons. The Labute approximate surface area is 121 Å². The molecule has 0 saturated carbocycles. The molecule has 1 amide bonds. The number of hydrogen-bond acceptors (Lipinski definition) is 1. The lowest BCUT2D eigenvalue weighted by Gasteiger charge is -2.07. The summed E-state index contributed by atoms with van der Waals surface area (Å²) in [5, 5.41) is 2.40. The van der Waals surface area contributed by atoms with Crippen molar-refractivity contribution in [1.29, 1.82) is 0 Å². The first-order valence-corrected chi connectivity index (χ1v) is 6.43. The fraction of sp³-hybridized carbons (Fsp3) is 0.0714. The zero-order chi connectivity index (χ0) is 14.7. The SMILES string of the molecule is O=C(NCc1cc(Br)ccc1F)c1cc(F)cc(F)c1. The molecule has 6 heteroatoms. The van der Waals surface area contributed by atoms with Crippen LogP contribution in [0.4, 0.5) is 13.2 Å². The van der Waals surface area contributed by atoms with Crippen LogP contribution < -0.4 is 5.32 Å². The van der Waals surface area contributed by atoms with E-state index in [-0.39, 0.29) is 17.7 Å². The Kier molecular flexibility index (Phi) is 4.44. The number of benzene rings is 2. The van der Waals surface area contributed by atoms with Gasteiger partial charge in [-0.05, 0) is 30.3 Å². The molecule has 0 aliphatic heterocycles. The van der Waals surface area contributed by atoms with Gasteiger partial charge < -0.3 is 5.32 Å². The zero-order valence-electron chi connectivity index (χ0n) is 10.1. The molecule has 0 aliphatic rings. The molecule has 20 heavy (non-hydrogen) atoms. The second-order valence-corrected chi connectivity index (χ2v) is 4.99. The first-order valence-electron chi connectivity index (χ1n) is 5.64. The van der Waals surface area contributed by atoms with Crippen molar-refractivity contribution in [3.8, 4) is 0 Å². The van der Waals surface area contributed by atoms with Crippen molar-refractivity contribution in [1.82, 2.24) is 5.32 Å². The molecule has 2 aromatic rings. The highest BCUT2D eigenvalue weighted by Crippen LogP contribution is 2.15. The molecule has 0 aliphatic carbocycles. The van der Waals surface area contributed by atoms with E-state index in [1.807, 2.05) is 0 Å². The molecule has 2 nitrogen and oxygen atoms in total. The third-order valence-corrected chi connectivity index (χ3v) is 3.07. The third kappa shape index (κ3) is 3.60. The molecular weight excluding hydrogens is 335 g/mol. The first kappa shape index (κ1) is 14.6. The van der Waals surface area contributed by atoms with Crippen LogP contribution in [-0.2, 0) is 6.54 Å². The summed E-state index contributed by atoms with van der Waals surface area (Å²) in [4.78, 5) is 11.7. The number of halogens is 4. The van der Waals surface area contributed by atoms with Gasteiger partial charge in [0.25, 0.3) is 5.91 Å². The summed E-state index contributed by atoms with van der Waals surface area (Å²) in [5.74, 6) is -2.84. The topological polar surface area (TPSA) is 29.1 Å². The lowest BCUT2D eigenvalue weighted by Crippen LogP contribution is -2.23. The van der Waals surface area contributed by atoms with Crippen molar-refractivity contribution in [2.24, 2.45) is 0 Å². The fourth-order valence-electron chi connectivity index (χ4n) is 1.64. The van der Waals surface area contributed by atoms with Crippen LogP contribution in [0.2, 0.25) is 0 Å². The molecule has 0 spiro atoms. The quantitative estimate of drug-likeness (QED) is 0.902. The molecular formula is C14H9BrF3NO. The maximum absolute atomic E-state index is 13.5. The summed E-state index contributed by atoms with van der Waals surface area (Å²) in [6, 6.07) is 6.80. The van der Waals surface area contributed by atoms with Crippen molar-refractivity contribution < 1.29 is 18.0 Å². The van der Waals surface area contributed by atoms with Crippen LogP contribution in [0.25, 0.3) is 0 Å². The Bertz CT molecular complexity index is 641. The van der Waals surface area contributed by atoms with Gasteiger partial charge >= 0.3 is 0 Å². The van der Waals surface area contributed by atoms with Gasteiger partial charge in [0.05, 0.1) is 0 Å². The van der Waals surface area contributed by atoms with Crippen molar-refractivity contribution in [2.45, 2.75) is 6.54 Å². The van der Waals surface area contributed by atoms with Crippen LogP contribution in [0, 0.1) is 17.5 Å². The van der Waals surface area contributed by atoms with Crippen LogP contribution in [-0.4, -0.2) is 5.91 Å². The normalized spacial score (nSPS) is 10.4. The van der Waals surface area contributed by atoms with E-state index in [0.29, 0.717) is 10.5 Å². The number of nitrogens with one attached hydrogen (secondary N) is 1. The largest absolute Gasteiger partial charge is 0.348 e. The van der Waals surface area contributed by atoms with Gasteiger partial charge in [0.15, 0.2) is 0 Å². The van der Waals surface area contributed by atoms with Crippen molar-refractivity contribution in [2.75, 3.05) is 0 Å². The monoisotopic (exact) mass is 343 g/mol.